The van der Waals surface area contributed by atoms with Gasteiger partial charge in [0.1, 0.15) is 5.82 Å². The van der Waals surface area contributed by atoms with Crippen LogP contribution in [-0.2, 0) is 0 Å². The minimum atomic E-state index is -0.467. The van der Waals surface area contributed by atoms with Crippen molar-refractivity contribution in [3.05, 3.63) is 39.9 Å². The Bertz CT molecular complexity index is 703. The third kappa shape index (κ3) is 7.32. The second kappa shape index (κ2) is 10.1. The predicted molar refractivity (Wildman–Crippen MR) is 99.9 cm³/mol. The molecule has 1 fully saturated rings. The highest BCUT2D eigenvalue weighted by atomic mass is 35.5. The van der Waals surface area contributed by atoms with Gasteiger partial charge in [-0.25, -0.2) is 4.39 Å². The van der Waals surface area contributed by atoms with Gasteiger partial charge in [0.05, 0.1) is 11.6 Å². The molecule has 1 unspecified atom stereocenters. The zero-order chi connectivity index (χ0) is 18.2. The average molecular weight is 405 g/mol. The number of halogens is 3. The Morgan fingerprint density at radius 2 is 1.96 bits per heavy atom. The Labute approximate surface area is 160 Å². The Kier molecular flexibility index (Phi) is 8.15. The van der Waals surface area contributed by atoms with Gasteiger partial charge in [-0.2, -0.15) is 15.0 Å². The van der Waals surface area contributed by atoms with E-state index in [0.29, 0.717) is 11.7 Å². The maximum Gasteiger partial charge on any atom is 0.228 e. The van der Waals surface area contributed by atoms with Crippen LogP contribution in [0.15, 0.2) is 23.4 Å². The molecule has 136 valence electrons. The van der Waals surface area contributed by atoms with Gasteiger partial charge in [0, 0.05) is 11.8 Å². The molecule has 1 saturated carbocycles. The van der Waals surface area contributed by atoms with Crippen molar-refractivity contribution in [3.63, 3.8) is 0 Å². The Morgan fingerprint density at radius 3 is 2.56 bits per heavy atom. The first kappa shape index (κ1) is 20.2. The summed E-state index contributed by atoms with van der Waals surface area (Å²) in [7, 11) is 0. The Hall–Kier alpha value is -1.15. The van der Waals surface area contributed by atoms with Crippen molar-refractivity contribution < 1.29 is 9.50 Å². The monoisotopic (exact) mass is 404 g/mol. The number of aliphatic hydroxyl groups is 1. The summed E-state index contributed by atoms with van der Waals surface area (Å²) in [4.78, 5) is 12.1. The summed E-state index contributed by atoms with van der Waals surface area (Å²) in [6, 6.07) is 4.64. The Morgan fingerprint density at radius 1 is 1.24 bits per heavy atom. The molecule has 3 rings (SSSR count). The van der Waals surface area contributed by atoms with Gasteiger partial charge in [0.15, 0.2) is 5.16 Å². The Balaban J connectivity index is 0.000000676. The molecule has 0 bridgehead atoms. The molecule has 9 heteroatoms. The second-order valence-electron chi connectivity index (χ2n) is 5.36. The van der Waals surface area contributed by atoms with Crippen LogP contribution < -0.4 is 5.32 Å². The topological polar surface area (TPSA) is 70.9 Å². The number of nitrogens with one attached hydrogen (secondary N) is 1. The molecular formula is C16H19Cl2FN4OS. The number of anilines is 1. The van der Waals surface area contributed by atoms with Crippen molar-refractivity contribution in [2.24, 2.45) is 0 Å². The highest BCUT2D eigenvalue weighted by Gasteiger charge is 2.13. The number of hydrogen-bond acceptors (Lipinski definition) is 6. The van der Waals surface area contributed by atoms with Crippen LogP contribution in [0.4, 0.5) is 10.3 Å². The highest BCUT2D eigenvalue weighted by molar-refractivity contribution is 7.99. The summed E-state index contributed by atoms with van der Waals surface area (Å²) >= 11 is 12.8. The van der Waals surface area contributed by atoms with Crippen LogP contribution in [0, 0.1) is 5.82 Å². The highest BCUT2D eigenvalue weighted by Crippen LogP contribution is 2.34. The largest absolute Gasteiger partial charge is 0.395 e. The van der Waals surface area contributed by atoms with Crippen LogP contribution >= 0.6 is 35.0 Å². The SMILES string of the molecule is C1CC1.CC(Sc1nc(Cl)nc(NCCO)n1)c1ccc(Cl)c(F)c1. The van der Waals surface area contributed by atoms with E-state index in [9.17, 15) is 4.39 Å². The van der Waals surface area contributed by atoms with Crippen LogP contribution in [0.25, 0.3) is 0 Å². The summed E-state index contributed by atoms with van der Waals surface area (Å²) < 4.78 is 13.5. The van der Waals surface area contributed by atoms with Crippen molar-refractivity contribution in [3.8, 4) is 0 Å². The number of benzene rings is 1. The van der Waals surface area contributed by atoms with Crippen LogP contribution in [0.5, 0.6) is 0 Å². The van der Waals surface area contributed by atoms with Gasteiger partial charge in [0.25, 0.3) is 0 Å². The van der Waals surface area contributed by atoms with Gasteiger partial charge in [-0.1, -0.05) is 48.7 Å². The molecule has 1 aliphatic rings. The maximum atomic E-state index is 13.5. The molecule has 5 nitrogen and oxygen atoms in total. The van der Waals surface area contributed by atoms with E-state index in [2.05, 4.69) is 20.3 Å². The standard InChI is InChI=1S/C13H13Cl2FN4OS.C3H6/c1-7(8-2-3-9(14)10(16)6-8)22-13-19-11(15)18-12(20-13)17-4-5-21;1-2-3-1/h2-3,6-7,21H,4-5H2,1H3,(H,17,18,19,20);1-3H2. The third-order valence-corrected chi connectivity index (χ3v) is 4.53. The second-order valence-corrected chi connectivity index (χ2v) is 7.41. The van der Waals surface area contributed by atoms with E-state index in [1.807, 2.05) is 6.92 Å². The lowest BCUT2D eigenvalue weighted by atomic mass is 10.2. The van der Waals surface area contributed by atoms with Crippen molar-refractivity contribution in [1.82, 2.24) is 15.0 Å². The number of nitrogens with zero attached hydrogens (tertiary/aromatic N) is 3. The molecule has 1 atom stereocenters. The van der Waals surface area contributed by atoms with Crippen LogP contribution in [0.1, 0.15) is 37.0 Å². The quantitative estimate of drug-likeness (QED) is 0.677. The van der Waals surface area contributed by atoms with E-state index in [1.165, 1.54) is 43.2 Å². The molecule has 0 saturated heterocycles. The lowest BCUT2D eigenvalue weighted by Gasteiger charge is -2.12. The van der Waals surface area contributed by atoms with Gasteiger partial charge in [-0.05, 0) is 36.2 Å². The number of aliphatic hydroxyl groups excluding tert-OH is 1. The molecule has 0 radical (unpaired) electrons. The fraction of sp³-hybridized carbons (Fsp3) is 0.438. The fourth-order valence-corrected chi connectivity index (χ4v) is 2.83. The zero-order valence-corrected chi connectivity index (χ0v) is 16.0. The summed E-state index contributed by atoms with van der Waals surface area (Å²) in [6.45, 7) is 2.15. The molecule has 2 aromatic rings. The van der Waals surface area contributed by atoms with Gasteiger partial charge < -0.3 is 10.4 Å². The predicted octanol–water partition coefficient (Wildman–Crippen LogP) is 4.75. The van der Waals surface area contributed by atoms with E-state index in [4.69, 9.17) is 28.3 Å². The zero-order valence-electron chi connectivity index (χ0n) is 13.7. The number of aromatic nitrogens is 3. The van der Waals surface area contributed by atoms with Crippen molar-refractivity contribution >= 4 is 40.9 Å². The number of hydrogen-bond donors (Lipinski definition) is 2. The van der Waals surface area contributed by atoms with Crippen LogP contribution in [0.3, 0.4) is 0 Å². The molecule has 1 heterocycles. The molecular weight excluding hydrogens is 386 g/mol. The molecule has 0 amide bonds. The van der Waals surface area contributed by atoms with Gasteiger partial charge in [0.2, 0.25) is 11.2 Å². The summed E-state index contributed by atoms with van der Waals surface area (Å²) in [5.41, 5.74) is 0.758. The summed E-state index contributed by atoms with van der Waals surface area (Å²) in [5.74, 6) is -0.184. The third-order valence-electron chi connectivity index (χ3n) is 3.03. The summed E-state index contributed by atoms with van der Waals surface area (Å²) in [6.07, 6.45) is 4.50. The van der Waals surface area contributed by atoms with E-state index in [0.717, 1.165) is 5.56 Å². The molecule has 25 heavy (non-hydrogen) atoms. The molecule has 1 aliphatic carbocycles. The minimum absolute atomic E-state index is 0.0485. The van der Waals surface area contributed by atoms with Crippen molar-refractivity contribution in [1.29, 1.82) is 0 Å². The smallest absolute Gasteiger partial charge is 0.228 e. The molecule has 2 N–H and O–H groups in total. The molecule has 1 aromatic heterocycles. The lowest BCUT2D eigenvalue weighted by Crippen LogP contribution is -2.10. The van der Waals surface area contributed by atoms with E-state index in [1.54, 1.807) is 6.07 Å². The van der Waals surface area contributed by atoms with Crippen molar-refractivity contribution in [2.75, 3.05) is 18.5 Å². The first-order valence-electron chi connectivity index (χ1n) is 7.87. The molecule has 0 spiro atoms. The fourth-order valence-electron chi connectivity index (χ4n) is 1.62. The normalized spacial score (nSPS) is 13.6. The van der Waals surface area contributed by atoms with Crippen molar-refractivity contribution in [2.45, 2.75) is 36.6 Å². The van der Waals surface area contributed by atoms with Gasteiger partial charge in [-0.3, -0.25) is 0 Å². The average Bonchev–Trinajstić information content (AvgIpc) is 3.44. The maximum absolute atomic E-state index is 13.5. The van der Waals surface area contributed by atoms with Crippen LogP contribution in [0.2, 0.25) is 10.3 Å². The van der Waals surface area contributed by atoms with Gasteiger partial charge in [-0.15, -0.1) is 0 Å². The van der Waals surface area contributed by atoms with E-state index >= 15 is 0 Å². The van der Waals surface area contributed by atoms with E-state index < -0.39 is 5.82 Å². The van der Waals surface area contributed by atoms with Crippen LogP contribution in [-0.4, -0.2) is 33.2 Å². The number of rotatable bonds is 6. The van der Waals surface area contributed by atoms with Gasteiger partial charge >= 0.3 is 0 Å². The number of thioether (sulfide) groups is 1. The molecule has 1 aromatic carbocycles. The first-order valence-corrected chi connectivity index (χ1v) is 9.51. The van der Waals surface area contributed by atoms with E-state index in [-0.39, 0.29) is 28.1 Å². The first-order chi connectivity index (χ1) is 12.0. The molecule has 0 aliphatic heterocycles. The summed E-state index contributed by atoms with van der Waals surface area (Å²) in [5, 5.41) is 12.0. The minimum Gasteiger partial charge on any atom is -0.395 e. The lowest BCUT2D eigenvalue weighted by molar-refractivity contribution is 0.310.